The number of ether oxygens (including phenoxy) is 1. The topological polar surface area (TPSA) is 59.4 Å². The van der Waals surface area contributed by atoms with Gasteiger partial charge in [0.25, 0.3) is 0 Å². The summed E-state index contributed by atoms with van der Waals surface area (Å²) in [6.07, 6.45) is 0. The summed E-state index contributed by atoms with van der Waals surface area (Å²) < 4.78 is 5.10. The van der Waals surface area contributed by atoms with Crippen molar-refractivity contribution in [2.24, 2.45) is 0 Å². The molecule has 0 unspecified atom stereocenters. The van der Waals surface area contributed by atoms with Crippen molar-refractivity contribution >= 4 is 40.1 Å². The van der Waals surface area contributed by atoms with Gasteiger partial charge in [-0.05, 0) is 19.1 Å². The van der Waals surface area contributed by atoms with Gasteiger partial charge in [-0.15, -0.1) is 0 Å². The monoisotopic (exact) mass is 285 g/mol. The maximum Gasteiger partial charge on any atom is 0.340 e. The predicted octanol–water partition coefficient (Wildman–Crippen LogP) is 3.56. The lowest BCUT2D eigenvalue weighted by Gasteiger charge is -2.12. The van der Waals surface area contributed by atoms with E-state index in [0.717, 1.165) is 0 Å². The fourth-order valence-corrected chi connectivity index (χ4v) is 2.30. The Morgan fingerprint density at radius 3 is 2.50 bits per heavy atom. The van der Waals surface area contributed by atoms with Crippen LogP contribution in [0.2, 0.25) is 10.0 Å². The van der Waals surface area contributed by atoms with Crippen LogP contribution in [0.15, 0.2) is 12.1 Å². The fraction of sp³-hybridized carbons (Fsp3) is 0.167. The van der Waals surface area contributed by atoms with Gasteiger partial charge in [-0.1, -0.05) is 23.2 Å². The predicted molar refractivity (Wildman–Crippen MR) is 70.0 cm³/mol. The molecule has 1 N–H and O–H groups in total. The second-order valence-corrected chi connectivity index (χ2v) is 4.48. The highest BCUT2D eigenvalue weighted by Crippen LogP contribution is 2.36. The molecule has 0 amide bonds. The molecule has 0 aliphatic carbocycles. The quantitative estimate of drug-likeness (QED) is 0.917. The summed E-state index contributed by atoms with van der Waals surface area (Å²) >= 11 is 12.1. The summed E-state index contributed by atoms with van der Waals surface area (Å²) in [5.41, 5.74) is 0.791. The average Bonchev–Trinajstić information content (AvgIpc) is 2.32. The first-order valence-corrected chi connectivity index (χ1v) is 5.78. The number of carbonyl (C=O) groups is 1. The van der Waals surface area contributed by atoms with Gasteiger partial charge in [-0.2, -0.15) is 0 Å². The summed E-state index contributed by atoms with van der Waals surface area (Å²) in [7, 11) is 1.39. The zero-order valence-corrected chi connectivity index (χ0v) is 11.1. The first-order chi connectivity index (χ1) is 8.47. The minimum Gasteiger partial charge on any atom is -0.494 e. The molecule has 2 aromatic rings. The smallest absolute Gasteiger partial charge is 0.340 e. The van der Waals surface area contributed by atoms with E-state index >= 15 is 0 Å². The van der Waals surface area contributed by atoms with Crippen molar-refractivity contribution < 1.29 is 14.6 Å². The third kappa shape index (κ3) is 1.87. The highest BCUT2D eigenvalue weighted by molar-refractivity contribution is 6.41. The van der Waals surface area contributed by atoms with Gasteiger partial charge >= 0.3 is 5.97 Å². The van der Waals surface area contributed by atoms with E-state index in [4.69, 9.17) is 27.9 Å². The molecule has 0 atom stereocenters. The second-order valence-electron chi connectivity index (χ2n) is 3.66. The summed E-state index contributed by atoms with van der Waals surface area (Å²) in [4.78, 5) is 15.6. The first-order valence-electron chi connectivity index (χ1n) is 5.03. The number of aromatic carboxylic acids is 1. The molecule has 0 aliphatic rings. The van der Waals surface area contributed by atoms with Gasteiger partial charge in [0.15, 0.2) is 5.75 Å². The Labute approximate surface area is 113 Å². The van der Waals surface area contributed by atoms with Crippen molar-refractivity contribution in [1.29, 1.82) is 0 Å². The van der Waals surface area contributed by atoms with Gasteiger partial charge in [0.2, 0.25) is 0 Å². The maximum atomic E-state index is 11.4. The van der Waals surface area contributed by atoms with E-state index in [2.05, 4.69) is 4.98 Å². The van der Waals surface area contributed by atoms with Crippen LogP contribution in [0.1, 0.15) is 16.1 Å². The Morgan fingerprint density at radius 1 is 1.33 bits per heavy atom. The molecule has 0 fully saturated rings. The number of methoxy groups -OCH3 is 1. The van der Waals surface area contributed by atoms with Crippen molar-refractivity contribution in [2.75, 3.05) is 7.11 Å². The Hall–Kier alpha value is -1.52. The van der Waals surface area contributed by atoms with Gasteiger partial charge in [0.05, 0.1) is 28.4 Å². The summed E-state index contributed by atoms with van der Waals surface area (Å²) in [6, 6.07) is 3.12. The van der Waals surface area contributed by atoms with Crippen molar-refractivity contribution in [1.82, 2.24) is 4.98 Å². The highest BCUT2D eigenvalue weighted by Gasteiger charge is 2.22. The van der Waals surface area contributed by atoms with Crippen LogP contribution in [0.25, 0.3) is 10.9 Å². The van der Waals surface area contributed by atoms with E-state index in [1.165, 1.54) is 13.2 Å². The molecule has 2 rings (SSSR count). The third-order valence-corrected chi connectivity index (χ3v) is 3.20. The van der Waals surface area contributed by atoms with E-state index in [0.29, 0.717) is 21.6 Å². The largest absolute Gasteiger partial charge is 0.494 e. The molecule has 6 heteroatoms. The molecule has 0 bridgehead atoms. The number of pyridine rings is 1. The fourth-order valence-electron chi connectivity index (χ4n) is 1.85. The van der Waals surface area contributed by atoms with E-state index in [1.54, 1.807) is 13.0 Å². The maximum absolute atomic E-state index is 11.4. The van der Waals surface area contributed by atoms with Crippen LogP contribution in [-0.4, -0.2) is 23.2 Å². The van der Waals surface area contributed by atoms with Crippen LogP contribution in [0.3, 0.4) is 0 Å². The Bertz CT molecular complexity index is 656. The number of nitrogens with zero attached hydrogens (tertiary/aromatic N) is 1. The van der Waals surface area contributed by atoms with E-state index in [9.17, 15) is 9.90 Å². The Balaban J connectivity index is 3.06. The normalized spacial score (nSPS) is 10.7. The van der Waals surface area contributed by atoms with Crippen LogP contribution in [0.4, 0.5) is 0 Å². The number of rotatable bonds is 2. The van der Waals surface area contributed by atoms with E-state index in [1.807, 2.05) is 0 Å². The van der Waals surface area contributed by atoms with Crippen molar-refractivity contribution in [3.63, 3.8) is 0 Å². The Kier molecular flexibility index (Phi) is 3.32. The zero-order chi connectivity index (χ0) is 13.4. The van der Waals surface area contributed by atoms with Gasteiger partial charge in [0.1, 0.15) is 5.56 Å². The van der Waals surface area contributed by atoms with Crippen molar-refractivity contribution in [3.8, 4) is 5.75 Å². The van der Waals surface area contributed by atoms with Gasteiger partial charge in [-0.25, -0.2) is 9.78 Å². The van der Waals surface area contributed by atoms with Crippen LogP contribution in [0, 0.1) is 6.92 Å². The molecule has 1 aromatic carbocycles. The third-order valence-electron chi connectivity index (χ3n) is 2.58. The van der Waals surface area contributed by atoms with Crippen LogP contribution in [0.5, 0.6) is 5.75 Å². The highest BCUT2D eigenvalue weighted by atomic mass is 35.5. The summed E-state index contributed by atoms with van der Waals surface area (Å²) in [5.74, 6) is -0.939. The molecule has 94 valence electrons. The molecule has 0 radical (unpaired) electrons. The minimum atomic E-state index is -1.13. The summed E-state index contributed by atoms with van der Waals surface area (Å²) in [6.45, 7) is 1.65. The first kappa shape index (κ1) is 12.9. The Morgan fingerprint density at radius 2 is 1.94 bits per heavy atom. The molecule has 0 aliphatic heterocycles. The second kappa shape index (κ2) is 4.63. The van der Waals surface area contributed by atoms with Gasteiger partial charge in [-0.3, -0.25) is 0 Å². The van der Waals surface area contributed by atoms with Crippen molar-refractivity contribution in [3.05, 3.63) is 33.4 Å². The zero-order valence-electron chi connectivity index (χ0n) is 9.62. The average molecular weight is 286 g/mol. The standard InChI is InChI=1S/C12H9Cl2NO3/c1-5-11(18-2)9(12(16)17)8-6(13)3-4-7(14)10(8)15-5/h3-4H,1-2H3,(H,16,17). The summed E-state index contributed by atoms with van der Waals surface area (Å²) in [5, 5.41) is 10.2. The SMILES string of the molecule is COc1c(C)nc2c(Cl)ccc(Cl)c2c1C(=O)O. The molecule has 4 nitrogen and oxygen atoms in total. The molecular weight excluding hydrogens is 277 g/mol. The van der Waals surface area contributed by atoms with Crippen molar-refractivity contribution in [2.45, 2.75) is 6.92 Å². The number of fused-ring (bicyclic) bond motifs is 1. The number of hydrogen-bond donors (Lipinski definition) is 1. The molecule has 0 spiro atoms. The number of carboxylic acid groups (broad SMARTS) is 1. The number of hydrogen-bond acceptors (Lipinski definition) is 3. The molecular formula is C12H9Cl2NO3. The number of halogens is 2. The number of benzene rings is 1. The van der Waals surface area contributed by atoms with Gasteiger partial charge in [0, 0.05) is 5.39 Å². The molecule has 0 saturated carbocycles. The molecule has 18 heavy (non-hydrogen) atoms. The number of carboxylic acids is 1. The molecule has 0 saturated heterocycles. The lowest BCUT2D eigenvalue weighted by molar-refractivity contribution is 0.0695. The lowest BCUT2D eigenvalue weighted by Crippen LogP contribution is -2.05. The number of aromatic nitrogens is 1. The molecule has 1 heterocycles. The lowest BCUT2D eigenvalue weighted by atomic mass is 10.1. The number of aryl methyl sites for hydroxylation is 1. The van der Waals surface area contributed by atoms with E-state index in [-0.39, 0.29) is 16.3 Å². The van der Waals surface area contributed by atoms with E-state index < -0.39 is 5.97 Å². The van der Waals surface area contributed by atoms with Crippen LogP contribution >= 0.6 is 23.2 Å². The van der Waals surface area contributed by atoms with Crippen LogP contribution < -0.4 is 4.74 Å². The molecule has 1 aromatic heterocycles. The minimum absolute atomic E-state index is 0.0208. The van der Waals surface area contributed by atoms with Gasteiger partial charge < -0.3 is 9.84 Å². The van der Waals surface area contributed by atoms with Crippen LogP contribution in [-0.2, 0) is 0 Å².